The minimum atomic E-state index is -0.223. The average Bonchev–Trinajstić information content (AvgIpc) is 3.29. The molecule has 9 heteroatoms. The molecule has 0 aliphatic carbocycles. The molecule has 154 valence electrons. The van der Waals surface area contributed by atoms with E-state index in [0.717, 1.165) is 41.2 Å². The Hall–Kier alpha value is -3.69. The van der Waals surface area contributed by atoms with Crippen LogP contribution in [-0.2, 0) is 17.8 Å². The van der Waals surface area contributed by atoms with Crippen molar-refractivity contribution in [1.82, 2.24) is 26.0 Å². The minimum Gasteiger partial charge on any atom is -0.380 e. The summed E-state index contributed by atoms with van der Waals surface area (Å²) < 4.78 is 6.81. The number of amidine groups is 1. The van der Waals surface area contributed by atoms with E-state index >= 15 is 0 Å². The third kappa shape index (κ3) is 4.48. The van der Waals surface area contributed by atoms with Gasteiger partial charge < -0.3 is 10.1 Å². The van der Waals surface area contributed by atoms with E-state index in [0.29, 0.717) is 6.61 Å². The van der Waals surface area contributed by atoms with Crippen molar-refractivity contribution in [1.29, 1.82) is 0 Å². The lowest BCUT2D eigenvalue weighted by Gasteiger charge is -2.12. The first-order chi connectivity index (χ1) is 14.7. The number of anilines is 2. The molecule has 0 amide bonds. The lowest BCUT2D eigenvalue weighted by molar-refractivity contribution is 0.185. The number of ether oxygens (including phenoxy) is 1. The first kappa shape index (κ1) is 19.6. The van der Waals surface area contributed by atoms with E-state index < -0.39 is 0 Å². The van der Waals surface area contributed by atoms with Crippen LogP contribution in [0.3, 0.4) is 0 Å². The van der Waals surface area contributed by atoms with E-state index in [-0.39, 0.29) is 11.4 Å². The summed E-state index contributed by atoms with van der Waals surface area (Å²) in [5, 5.41) is 7.21. The lowest BCUT2D eigenvalue weighted by atomic mass is 10.1. The highest BCUT2D eigenvalue weighted by Crippen LogP contribution is 2.19. The van der Waals surface area contributed by atoms with Gasteiger partial charge in [-0.3, -0.25) is 14.8 Å². The van der Waals surface area contributed by atoms with E-state index in [2.05, 4.69) is 31.9 Å². The molecule has 1 aliphatic rings. The highest BCUT2D eigenvalue weighted by molar-refractivity contribution is 5.82. The number of hydrazone groups is 1. The van der Waals surface area contributed by atoms with E-state index in [4.69, 9.17) is 4.74 Å². The van der Waals surface area contributed by atoms with Crippen LogP contribution in [0.25, 0.3) is 5.69 Å². The van der Waals surface area contributed by atoms with Gasteiger partial charge in [-0.25, -0.2) is 10.5 Å². The molecule has 1 aliphatic heterocycles. The van der Waals surface area contributed by atoms with Crippen molar-refractivity contribution in [3.8, 4) is 5.69 Å². The third-order valence-corrected chi connectivity index (χ3v) is 4.73. The summed E-state index contributed by atoms with van der Waals surface area (Å²) in [4.78, 5) is 17.2. The second-order valence-electron chi connectivity index (χ2n) is 6.75. The number of nitrogens with zero attached hydrogens (tertiary/aromatic N) is 3. The van der Waals surface area contributed by atoms with Crippen molar-refractivity contribution in [2.24, 2.45) is 5.10 Å². The number of nitrogens with one attached hydrogen (secondary N) is 4. The van der Waals surface area contributed by atoms with Crippen molar-refractivity contribution >= 4 is 17.3 Å². The van der Waals surface area contributed by atoms with Crippen LogP contribution in [0.4, 0.5) is 11.5 Å². The number of aryl methyl sites for hydroxylation is 1. The largest absolute Gasteiger partial charge is 0.380 e. The Labute approximate surface area is 173 Å². The topological polar surface area (TPSA) is 105 Å². The summed E-state index contributed by atoms with van der Waals surface area (Å²) in [5.41, 5.74) is 11.8. The first-order valence-corrected chi connectivity index (χ1v) is 9.58. The van der Waals surface area contributed by atoms with Crippen molar-refractivity contribution in [2.45, 2.75) is 19.4 Å². The average molecular weight is 405 g/mol. The van der Waals surface area contributed by atoms with Gasteiger partial charge in [0.05, 0.1) is 6.61 Å². The number of hydrogen-bond donors (Lipinski definition) is 4. The molecule has 0 saturated carbocycles. The fourth-order valence-corrected chi connectivity index (χ4v) is 3.18. The molecular formula is C21H23N7O2. The number of aromatic nitrogens is 2. The summed E-state index contributed by atoms with van der Waals surface area (Å²) in [6.07, 6.45) is 4.89. The zero-order valence-corrected chi connectivity index (χ0v) is 16.6. The Bertz CT molecular complexity index is 1090. The molecule has 0 fully saturated rings. The van der Waals surface area contributed by atoms with E-state index in [1.165, 1.54) is 0 Å². The van der Waals surface area contributed by atoms with Crippen LogP contribution in [0.2, 0.25) is 0 Å². The van der Waals surface area contributed by atoms with Gasteiger partial charge in [0, 0.05) is 42.9 Å². The normalized spacial score (nSPS) is 12.8. The molecule has 3 aromatic rings. The molecule has 0 spiro atoms. The molecule has 0 unspecified atom stereocenters. The summed E-state index contributed by atoms with van der Waals surface area (Å²) in [5.74, 6) is 1.12. The van der Waals surface area contributed by atoms with Gasteiger partial charge in [0.15, 0.2) is 5.82 Å². The van der Waals surface area contributed by atoms with Gasteiger partial charge in [-0.15, -0.1) is 10.6 Å². The Morgan fingerprint density at radius 3 is 2.70 bits per heavy atom. The fraction of sp³-hybridized carbons (Fsp3) is 0.190. The maximum Gasteiger partial charge on any atom is 0.298 e. The summed E-state index contributed by atoms with van der Waals surface area (Å²) in [6, 6.07) is 15.6. The van der Waals surface area contributed by atoms with Crippen LogP contribution in [0, 0.1) is 0 Å². The molecule has 0 bridgehead atoms. The standard InChI is InChI=1S/C21H23N7O2/c1-30-14-16-4-2-3-5-18(16)23-20-21(29)28(13-12-22-20)17-9-6-15(7-10-17)8-11-19-24-26-27-25-19/h2-7,9-10,12-13,26-27H,8,11,14H2,1H3,(H,22,23)(H,24,25). The number of methoxy groups -OCH3 is 1. The summed E-state index contributed by atoms with van der Waals surface area (Å²) >= 11 is 0. The number of hydrazine groups is 2. The molecule has 0 atom stereocenters. The molecule has 2 aromatic carbocycles. The van der Waals surface area contributed by atoms with Crippen molar-refractivity contribution < 1.29 is 4.74 Å². The quantitative estimate of drug-likeness (QED) is 0.454. The predicted molar refractivity (Wildman–Crippen MR) is 115 cm³/mol. The summed E-state index contributed by atoms with van der Waals surface area (Å²) in [6.45, 7) is 0.444. The van der Waals surface area contributed by atoms with Crippen molar-refractivity contribution in [2.75, 3.05) is 12.4 Å². The van der Waals surface area contributed by atoms with Gasteiger partial charge in [-0.05, 0) is 30.2 Å². The zero-order chi connectivity index (χ0) is 20.8. The second-order valence-corrected chi connectivity index (χ2v) is 6.75. The lowest BCUT2D eigenvalue weighted by Crippen LogP contribution is -2.35. The smallest absolute Gasteiger partial charge is 0.298 e. The van der Waals surface area contributed by atoms with Crippen LogP contribution in [-0.4, -0.2) is 22.5 Å². The highest BCUT2D eigenvalue weighted by atomic mass is 16.5. The SMILES string of the molecule is COCc1ccccc1Nc1nccn(-c2ccc(CCC3=NNNN3)cc2)c1=O. The molecule has 4 rings (SSSR count). The summed E-state index contributed by atoms with van der Waals surface area (Å²) in [7, 11) is 1.64. The van der Waals surface area contributed by atoms with Crippen LogP contribution < -0.4 is 27.4 Å². The first-order valence-electron chi connectivity index (χ1n) is 9.58. The molecular weight excluding hydrogens is 382 g/mol. The van der Waals surface area contributed by atoms with Gasteiger partial charge in [0.1, 0.15) is 5.84 Å². The molecule has 2 heterocycles. The van der Waals surface area contributed by atoms with Gasteiger partial charge in [0.25, 0.3) is 5.56 Å². The molecule has 9 nitrogen and oxygen atoms in total. The predicted octanol–water partition coefficient (Wildman–Crippen LogP) is 1.98. The molecule has 0 radical (unpaired) electrons. The van der Waals surface area contributed by atoms with E-state index in [9.17, 15) is 4.79 Å². The Kier molecular flexibility index (Phi) is 6.02. The van der Waals surface area contributed by atoms with Gasteiger partial charge >= 0.3 is 0 Å². The van der Waals surface area contributed by atoms with Crippen LogP contribution >= 0.6 is 0 Å². The highest BCUT2D eigenvalue weighted by Gasteiger charge is 2.10. The molecule has 30 heavy (non-hydrogen) atoms. The Morgan fingerprint density at radius 2 is 1.93 bits per heavy atom. The van der Waals surface area contributed by atoms with Crippen molar-refractivity contribution in [3.63, 3.8) is 0 Å². The second kappa shape index (κ2) is 9.21. The maximum absolute atomic E-state index is 13.0. The van der Waals surface area contributed by atoms with Gasteiger partial charge in [-0.2, -0.15) is 0 Å². The van der Waals surface area contributed by atoms with E-state index in [1.54, 1.807) is 24.1 Å². The van der Waals surface area contributed by atoms with Crippen LogP contribution in [0.5, 0.6) is 0 Å². The number of para-hydroxylation sites is 1. The number of hydrogen-bond acceptors (Lipinski definition) is 8. The Morgan fingerprint density at radius 1 is 1.10 bits per heavy atom. The van der Waals surface area contributed by atoms with Gasteiger partial charge in [-0.1, -0.05) is 30.3 Å². The number of benzene rings is 2. The number of rotatable bonds is 8. The fourth-order valence-electron chi connectivity index (χ4n) is 3.18. The monoisotopic (exact) mass is 405 g/mol. The Balaban J connectivity index is 1.52. The van der Waals surface area contributed by atoms with Gasteiger partial charge in [0.2, 0.25) is 0 Å². The van der Waals surface area contributed by atoms with Crippen LogP contribution in [0.15, 0.2) is 70.8 Å². The molecule has 0 saturated heterocycles. The molecule has 4 N–H and O–H groups in total. The maximum atomic E-state index is 13.0. The van der Waals surface area contributed by atoms with Crippen molar-refractivity contribution in [3.05, 3.63) is 82.4 Å². The third-order valence-electron chi connectivity index (χ3n) is 4.73. The minimum absolute atomic E-state index is 0.223. The zero-order valence-electron chi connectivity index (χ0n) is 16.6. The molecule has 1 aromatic heterocycles. The van der Waals surface area contributed by atoms with E-state index in [1.807, 2.05) is 48.5 Å². The van der Waals surface area contributed by atoms with Crippen LogP contribution in [0.1, 0.15) is 17.5 Å².